The maximum absolute atomic E-state index is 12.5. The van der Waals surface area contributed by atoms with Crippen molar-refractivity contribution in [1.82, 2.24) is 5.32 Å². The number of methoxy groups -OCH3 is 1. The van der Waals surface area contributed by atoms with Crippen LogP contribution >= 0.6 is 23.4 Å². The summed E-state index contributed by atoms with van der Waals surface area (Å²) in [5.41, 5.74) is 0.636. The fraction of sp³-hybridized carbons (Fsp3) is 0.444. The molecule has 1 fully saturated rings. The van der Waals surface area contributed by atoms with Gasteiger partial charge in [-0.2, -0.15) is 0 Å². The zero-order valence-corrected chi connectivity index (χ0v) is 16.5. The minimum Gasteiger partial charge on any atom is -0.496 e. The van der Waals surface area contributed by atoms with Crippen molar-refractivity contribution in [1.29, 1.82) is 0 Å². The van der Waals surface area contributed by atoms with Crippen LogP contribution in [0.1, 0.15) is 23.2 Å². The van der Waals surface area contributed by atoms with Gasteiger partial charge in [0.05, 0.1) is 36.1 Å². The number of thioether (sulfide) groups is 1. The van der Waals surface area contributed by atoms with Gasteiger partial charge in [0.25, 0.3) is 11.8 Å². The van der Waals surface area contributed by atoms with Crippen molar-refractivity contribution < 1.29 is 23.8 Å². The molecule has 0 aromatic heterocycles. The Kier molecular flexibility index (Phi) is 6.87. The summed E-state index contributed by atoms with van der Waals surface area (Å²) in [6.07, 6.45) is 1.97. The summed E-state index contributed by atoms with van der Waals surface area (Å²) in [7, 11) is 1.45. The molecule has 3 rings (SSSR count). The van der Waals surface area contributed by atoms with Gasteiger partial charge in [0.15, 0.2) is 5.76 Å². The van der Waals surface area contributed by atoms with Gasteiger partial charge in [-0.15, -0.1) is 11.8 Å². The largest absolute Gasteiger partial charge is 0.496 e. The lowest BCUT2D eigenvalue weighted by molar-refractivity contribution is -0.116. The van der Waals surface area contributed by atoms with E-state index in [0.717, 1.165) is 25.2 Å². The summed E-state index contributed by atoms with van der Waals surface area (Å²) in [5, 5.41) is 7.42. The highest BCUT2D eigenvalue weighted by atomic mass is 35.5. The number of benzene rings is 1. The quantitative estimate of drug-likeness (QED) is 0.747. The molecule has 0 radical (unpaired) electrons. The molecule has 27 heavy (non-hydrogen) atoms. The van der Waals surface area contributed by atoms with E-state index in [1.807, 2.05) is 0 Å². The van der Waals surface area contributed by atoms with Crippen LogP contribution in [0.4, 0.5) is 5.69 Å². The number of carbonyl (C=O) groups is 2. The number of hydrogen-bond donors (Lipinski definition) is 2. The molecule has 2 N–H and O–H groups in total. The van der Waals surface area contributed by atoms with E-state index < -0.39 is 5.91 Å². The van der Waals surface area contributed by atoms with Crippen molar-refractivity contribution >= 4 is 40.9 Å². The van der Waals surface area contributed by atoms with Gasteiger partial charge in [-0.1, -0.05) is 11.6 Å². The predicted molar refractivity (Wildman–Crippen MR) is 104 cm³/mol. The molecule has 1 aromatic rings. The van der Waals surface area contributed by atoms with Crippen LogP contribution in [0.25, 0.3) is 0 Å². The minimum absolute atomic E-state index is 0.0376. The lowest BCUT2D eigenvalue weighted by Crippen LogP contribution is -2.32. The third-order valence-electron chi connectivity index (χ3n) is 4.17. The second-order valence-corrected chi connectivity index (χ2v) is 7.42. The van der Waals surface area contributed by atoms with Gasteiger partial charge < -0.3 is 24.8 Å². The molecule has 2 aliphatic rings. The Bertz CT molecular complexity index is 750. The third kappa shape index (κ3) is 5.09. The fourth-order valence-corrected chi connectivity index (χ4v) is 3.61. The molecule has 0 spiro atoms. The Hall–Kier alpha value is -1.90. The van der Waals surface area contributed by atoms with Crippen molar-refractivity contribution in [3.8, 4) is 5.75 Å². The van der Waals surface area contributed by atoms with Crippen LogP contribution < -0.4 is 15.4 Å². The highest BCUT2D eigenvalue weighted by Gasteiger charge is 2.21. The van der Waals surface area contributed by atoms with E-state index in [9.17, 15) is 9.59 Å². The Morgan fingerprint density at radius 2 is 2.19 bits per heavy atom. The van der Waals surface area contributed by atoms with Crippen LogP contribution in [0.5, 0.6) is 5.75 Å². The smallest absolute Gasteiger partial charge is 0.291 e. The molecule has 0 aliphatic carbocycles. The average Bonchev–Trinajstić information content (AvgIpc) is 3.21. The Labute approximate surface area is 166 Å². The summed E-state index contributed by atoms with van der Waals surface area (Å²) in [5.74, 6) is 0.645. The second-order valence-electron chi connectivity index (χ2n) is 6.03. The first kappa shape index (κ1) is 19.9. The average molecular weight is 413 g/mol. The third-order valence-corrected chi connectivity index (χ3v) is 5.27. The van der Waals surface area contributed by atoms with Crippen LogP contribution in [-0.4, -0.2) is 50.5 Å². The monoisotopic (exact) mass is 412 g/mol. The zero-order valence-electron chi connectivity index (χ0n) is 14.9. The molecule has 0 bridgehead atoms. The number of nitrogens with one attached hydrogen (secondary N) is 2. The Morgan fingerprint density at radius 3 is 2.85 bits per heavy atom. The van der Waals surface area contributed by atoms with E-state index in [1.54, 1.807) is 5.41 Å². The van der Waals surface area contributed by atoms with Gasteiger partial charge in [-0.05, 0) is 18.9 Å². The first-order valence-electron chi connectivity index (χ1n) is 8.61. The van der Waals surface area contributed by atoms with E-state index in [2.05, 4.69) is 10.6 Å². The van der Waals surface area contributed by atoms with E-state index >= 15 is 0 Å². The van der Waals surface area contributed by atoms with Crippen molar-refractivity contribution in [2.45, 2.75) is 18.9 Å². The topological polar surface area (TPSA) is 85.9 Å². The molecule has 146 valence electrons. The van der Waals surface area contributed by atoms with Gasteiger partial charge in [-0.25, -0.2) is 0 Å². The SMILES string of the molecule is COc1cc(NC(=O)C2=CSCCO2)c(Cl)cc1C(=O)NCC1CCCO1. The first-order valence-corrected chi connectivity index (χ1v) is 10.0. The van der Waals surface area contributed by atoms with E-state index in [0.29, 0.717) is 30.2 Å². The number of hydrogen-bond acceptors (Lipinski definition) is 6. The van der Waals surface area contributed by atoms with Gasteiger partial charge in [0.2, 0.25) is 0 Å². The molecular weight excluding hydrogens is 392 g/mol. The van der Waals surface area contributed by atoms with Crippen molar-refractivity contribution in [2.75, 3.05) is 37.9 Å². The highest BCUT2D eigenvalue weighted by molar-refractivity contribution is 8.02. The summed E-state index contributed by atoms with van der Waals surface area (Å²) in [4.78, 5) is 24.8. The molecule has 9 heteroatoms. The maximum atomic E-state index is 12.5. The van der Waals surface area contributed by atoms with Crippen LogP contribution in [0.3, 0.4) is 0 Å². The van der Waals surface area contributed by atoms with Crippen molar-refractivity contribution in [3.05, 3.63) is 33.9 Å². The van der Waals surface area contributed by atoms with E-state index in [1.165, 1.54) is 31.0 Å². The fourth-order valence-electron chi connectivity index (χ4n) is 2.77. The Balaban J connectivity index is 1.71. The number of amides is 2. The summed E-state index contributed by atoms with van der Waals surface area (Å²) in [6, 6.07) is 3.00. The predicted octanol–water partition coefficient (Wildman–Crippen LogP) is 2.80. The van der Waals surface area contributed by atoms with E-state index in [4.69, 9.17) is 25.8 Å². The molecular formula is C18H21ClN2O5S. The molecule has 1 saturated heterocycles. The van der Waals surface area contributed by atoms with Gasteiger partial charge in [0, 0.05) is 30.4 Å². The minimum atomic E-state index is -0.401. The van der Waals surface area contributed by atoms with Crippen molar-refractivity contribution in [3.63, 3.8) is 0 Å². The number of carbonyl (C=O) groups excluding carboxylic acids is 2. The second kappa shape index (κ2) is 9.34. The van der Waals surface area contributed by atoms with Gasteiger partial charge in [0.1, 0.15) is 5.75 Å². The van der Waals surface area contributed by atoms with Gasteiger partial charge >= 0.3 is 0 Å². The lowest BCUT2D eigenvalue weighted by Gasteiger charge is -2.17. The summed E-state index contributed by atoms with van der Waals surface area (Å²) < 4.78 is 16.1. The highest BCUT2D eigenvalue weighted by Crippen LogP contribution is 2.31. The number of ether oxygens (including phenoxy) is 3. The number of rotatable bonds is 6. The van der Waals surface area contributed by atoms with E-state index in [-0.39, 0.29) is 22.8 Å². The zero-order chi connectivity index (χ0) is 19.2. The van der Waals surface area contributed by atoms with Gasteiger partial charge in [-0.3, -0.25) is 9.59 Å². The first-order chi connectivity index (χ1) is 13.1. The van der Waals surface area contributed by atoms with Crippen LogP contribution in [0, 0.1) is 0 Å². The van der Waals surface area contributed by atoms with Crippen LogP contribution in [-0.2, 0) is 14.3 Å². The standard InChI is InChI=1S/C18H21ClN2O5S/c1-24-15-8-14(21-18(23)16-10-27-6-5-26-16)13(19)7-12(15)17(22)20-9-11-3-2-4-25-11/h7-8,10-11H,2-6,9H2,1H3,(H,20,22)(H,21,23). The molecule has 1 unspecified atom stereocenters. The normalized spacial score (nSPS) is 19.0. The summed E-state index contributed by atoms with van der Waals surface area (Å²) in [6.45, 7) is 1.63. The lowest BCUT2D eigenvalue weighted by atomic mass is 10.1. The van der Waals surface area contributed by atoms with Crippen molar-refractivity contribution in [2.24, 2.45) is 0 Å². The Morgan fingerprint density at radius 1 is 1.33 bits per heavy atom. The molecule has 2 aliphatic heterocycles. The number of anilines is 1. The molecule has 1 atom stereocenters. The summed E-state index contributed by atoms with van der Waals surface area (Å²) >= 11 is 7.78. The molecule has 7 nitrogen and oxygen atoms in total. The maximum Gasteiger partial charge on any atom is 0.291 e. The molecule has 2 heterocycles. The molecule has 2 amide bonds. The van der Waals surface area contributed by atoms with Crippen LogP contribution in [0.15, 0.2) is 23.3 Å². The number of halogens is 1. The molecule has 1 aromatic carbocycles. The van der Waals surface area contributed by atoms with Crippen LogP contribution in [0.2, 0.25) is 5.02 Å². The molecule has 0 saturated carbocycles.